The minimum absolute atomic E-state index is 0.0720. The molecule has 0 bridgehead atoms. The molecule has 0 amide bonds. The van der Waals surface area contributed by atoms with E-state index in [4.69, 9.17) is 14.2 Å². The van der Waals surface area contributed by atoms with E-state index >= 15 is 0 Å². The summed E-state index contributed by atoms with van der Waals surface area (Å²) in [4.78, 5) is 38.4. The van der Waals surface area contributed by atoms with Gasteiger partial charge in [-0.25, -0.2) is 0 Å². The Hall–Kier alpha value is -2.63. The summed E-state index contributed by atoms with van der Waals surface area (Å²) in [6.45, 7) is 6.69. The van der Waals surface area contributed by atoms with Crippen LogP contribution in [0.1, 0.15) is 374 Å². The zero-order chi connectivity index (χ0) is 56.4. The lowest BCUT2D eigenvalue weighted by Crippen LogP contribution is -2.30. The largest absolute Gasteiger partial charge is 0.462 e. The van der Waals surface area contributed by atoms with Gasteiger partial charge in [0.25, 0.3) is 0 Å². The highest BCUT2D eigenvalue weighted by Crippen LogP contribution is 2.18. The van der Waals surface area contributed by atoms with Crippen molar-refractivity contribution in [1.29, 1.82) is 0 Å². The summed E-state index contributed by atoms with van der Waals surface area (Å²) in [6, 6.07) is 0. The van der Waals surface area contributed by atoms with Crippen LogP contribution < -0.4 is 0 Å². The van der Waals surface area contributed by atoms with Crippen LogP contribution in [0, 0.1) is 0 Å². The van der Waals surface area contributed by atoms with E-state index in [0.29, 0.717) is 19.3 Å². The fourth-order valence-electron chi connectivity index (χ4n) is 10.3. The summed E-state index contributed by atoms with van der Waals surface area (Å²) >= 11 is 0. The second-order valence-corrected chi connectivity index (χ2v) is 23.4. The number of hydrogen-bond acceptors (Lipinski definition) is 6. The van der Waals surface area contributed by atoms with E-state index in [0.717, 1.165) is 77.0 Å². The number of hydrogen-bond donors (Lipinski definition) is 0. The molecule has 0 aromatic carbocycles. The molecule has 0 heterocycles. The Balaban J connectivity index is 4.34. The van der Waals surface area contributed by atoms with Crippen molar-refractivity contribution in [1.82, 2.24) is 0 Å². The highest BCUT2D eigenvalue weighted by Gasteiger charge is 2.19. The molecule has 78 heavy (non-hydrogen) atoms. The number of rotatable bonds is 64. The van der Waals surface area contributed by atoms with Crippen LogP contribution in [-0.4, -0.2) is 37.2 Å². The quantitative estimate of drug-likeness (QED) is 0.0261. The Labute approximate surface area is 486 Å². The summed E-state index contributed by atoms with van der Waals surface area (Å²) in [6.07, 6.45) is 84.1. The van der Waals surface area contributed by atoms with Gasteiger partial charge in [0.15, 0.2) is 6.10 Å². The number of ether oxygens (including phenoxy) is 3. The minimum atomic E-state index is -0.777. The fourth-order valence-corrected chi connectivity index (χ4v) is 10.3. The van der Waals surface area contributed by atoms with E-state index in [-0.39, 0.29) is 31.1 Å². The van der Waals surface area contributed by atoms with Crippen molar-refractivity contribution in [2.45, 2.75) is 380 Å². The third-order valence-corrected chi connectivity index (χ3v) is 15.6. The van der Waals surface area contributed by atoms with Gasteiger partial charge in [-0.3, -0.25) is 14.4 Å². The van der Waals surface area contributed by atoms with Crippen molar-refractivity contribution >= 4 is 17.9 Å². The first-order valence-electron chi connectivity index (χ1n) is 34.6. The van der Waals surface area contributed by atoms with E-state index in [9.17, 15) is 14.4 Å². The number of carbonyl (C=O) groups is 3. The van der Waals surface area contributed by atoms with Crippen molar-refractivity contribution in [3.05, 3.63) is 48.6 Å². The van der Waals surface area contributed by atoms with Crippen LogP contribution in [0.3, 0.4) is 0 Å². The summed E-state index contributed by atoms with van der Waals surface area (Å²) < 4.78 is 17.0. The molecule has 0 aromatic heterocycles. The lowest BCUT2D eigenvalue weighted by atomic mass is 10.0. The van der Waals surface area contributed by atoms with E-state index in [1.807, 2.05) is 0 Å². The van der Waals surface area contributed by atoms with E-state index in [1.54, 1.807) is 0 Å². The van der Waals surface area contributed by atoms with Crippen LogP contribution in [0.2, 0.25) is 0 Å². The van der Waals surface area contributed by atoms with Crippen LogP contribution in [0.25, 0.3) is 0 Å². The molecule has 0 aliphatic heterocycles. The molecule has 6 heteroatoms. The van der Waals surface area contributed by atoms with Gasteiger partial charge < -0.3 is 14.2 Å². The van der Waals surface area contributed by atoms with E-state index in [1.165, 1.54) is 257 Å². The molecule has 0 spiro atoms. The zero-order valence-corrected chi connectivity index (χ0v) is 52.5. The van der Waals surface area contributed by atoms with Crippen LogP contribution in [0.5, 0.6) is 0 Å². The van der Waals surface area contributed by atoms with Crippen LogP contribution in [0.4, 0.5) is 0 Å². The molecule has 0 aromatic rings. The topological polar surface area (TPSA) is 78.9 Å². The molecule has 456 valence electrons. The molecule has 0 radical (unpaired) electrons. The second-order valence-electron chi connectivity index (χ2n) is 23.4. The fraction of sp³-hybridized carbons (Fsp3) is 0.847. The number of esters is 3. The first-order chi connectivity index (χ1) is 38.5. The van der Waals surface area contributed by atoms with E-state index < -0.39 is 6.10 Å². The molecule has 1 unspecified atom stereocenters. The van der Waals surface area contributed by atoms with Gasteiger partial charge in [-0.2, -0.15) is 0 Å². The first kappa shape index (κ1) is 75.4. The average Bonchev–Trinajstić information content (AvgIpc) is 3.44. The Morgan fingerprint density at radius 2 is 0.462 bits per heavy atom. The first-order valence-corrected chi connectivity index (χ1v) is 34.6. The Morgan fingerprint density at radius 1 is 0.256 bits per heavy atom. The molecule has 0 N–H and O–H groups in total. The highest BCUT2D eigenvalue weighted by atomic mass is 16.6. The Morgan fingerprint density at radius 3 is 0.731 bits per heavy atom. The molecule has 0 fully saturated rings. The molecule has 6 nitrogen and oxygen atoms in total. The summed E-state index contributed by atoms with van der Waals surface area (Å²) in [5.74, 6) is -0.855. The maximum absolute atomic E-state index is 12.9. The van der Waals surface area contributed by atoms with Gasteiger partial charge >= 0.3 is 17.9 Å². The average molecular weight is 1090 g/mol. The SMILES string of the molecule is CCCCCCC/C=C\C/C=C\C/C=C\CCCCCCCCCCC(=O)OCC(COC(=O)CCCCCCCCCCCCCCCCCCCC)OC(=O)CCCCCCCCCCC/C=C\CCCCCCCC. The summed E-state index contributed by atoms with van der Waals surface area (Å²) in [7, 11) is 0. The maximum atomic E-state index is 12.9. The third kappa shape index (κ3) is 64.2. The van der Waals surface area contributed by atoms with Crippen molar-refractivity contribution < 1.29 is 28.6 Å². The molecular weight excluding hydrogens is 961 g/mol. The molecule has 0 saturated carbocycles. The van der Waals surface area contributed by atoms with Gasteiger partial charge in [0.2, 0.25) is 0 Å². The molecular formula is C72H132O6. The van der Waals surface area contributed by atoms with Gasteiger partial charge in [-0.15, -0.1) is 0 Å². The van der Waals surface area contributed by atoms with Crippen LogP contribution in [-0.2, 0) is 28.6 Å². The molecule has 0 aliphatic carbocycles. The Kier molecular flexibility index (Phi) is 64.6. The predicted molar refractivity (Wildman–Crippen MR) is 339 cm³/mol. The van der Waals surface area contributed by atoms with Crippen LogP contribution >= 0.6 is 0 Å². The van der Waals surface area contributed by atoms with Crippen molar-refractivity contribution in [3.8, 4) is 0 Å². The summed E-state index contributed by atoms with van der Waals surface area (Å²) in [5.41, 5.74) is 0. The third-order valence-electron chi connectivity index (χ3n) is 15.6. The number of allylic oxidation sites excluding steroid dienone is 8. The smallest absolute Gasteiger partial charge is 0.306 e. The van der Waals surface area contributed by atoms with Crippen molar-refractivity contribution in [3.63, 3.8) is 0 Å². The zero-order valence-electron chi connectivity index (χ0n) is 52.5. The molecule has 0 rings (SSSR count). The van der Waals surface area contributed by atoms with Gasteiger partial charge in [-0.1, -0.05) is 320 Å². The van der Waals surface area contributed by atoms with E-state index in [2.05, 4.69) is 69.4 Å². The maximum Gasteiger partial charge on any atom is 0.306 e. The standard InChI is InChI=1S/C72H132O6/c1-4-7-10-13-16-19-22-25-28-31-34-35-36-37-39-41-44-47-50-53-56-59-62-65-71(74)77-68-69(67-76-70(73)64-61-58-55-52-49-46-43-40-33-30-27-24-21-18-15-12-9-6-3)78-72(75)66-63-60-57-54-51-48-45-42-38-32-29-26-23-20-17-14-11-8-5-2/h22,25-26,29,31,34,36-37,69H,4-21,23-24,27-28,30,32-33,35,38-68H2,1-3H3/b25-22-,29-26-,34-31-,37-36-. The van der Waals surface area contributed by atoms with Crippen molar-refractivity contribution in [2.75, 3.05) is 13.2 Å². The van der Waals surface area contributed by atoms with Gasteiger partial charge in [0.05, 0.1) is 0 Å². The lowest BCUT2D eigenvalue weighted by molar-refractivity contribution is -0.167. The molecule has 0 saturated heterocycles. The number of carbonyl (C=O) groups excluding carboxylic acids is 3. The summed E-state index contributed by atoms with van der Waals surface area (Å²) in [5, 5.41) is 0. The second kappa shape index (κ2) is 66.9. The minimum Gasteiger partial charge on any atom is -0.462 e. The lowest BCUT2D eigenvalue weighted by Gasteiger charge is -2.18. The van der Waals surface area contributed by atoms with Gasteiger partial charge in [0.1, 0.15) is 13.2 Å². The number of unbranched alkanes of at least 4 members (excludes halogenated alkanes) is 45. The van der Waals surface area contributed by atoms with Crippen LogP contribution in [0.15, 0.2) is 48.6 Å². The predicted octanol–water partition coefficient (Wildman–Crippen LogP) is 23.7. The van der Waals surface area contributed by atoms with Gasteiger partial charge in [-0.05, 0) is 83.5 Å². The molecule has 1 atom stereocenters. The van der Waals surface area contributed by atoms with Gasteiger partial charge in [0, 0.05) is 19.3 Å². The Bertz CT molecular complexity index is 1350. The molecule has 0 aliphatic rings. The van der Waals surface area contributed by atoms with Crippen molar-refractivity contribution in [2.24, 2.45) is 0 Å². The normalized spacial score (nSPS) is 12.3. The monoisotopic (exact) mass is 1090 g/mol. The highest BCUT2D eigenvalue weighted by molar-refractivity contribution is 5.71.